The van der Waals surface area contributed by atoms with E-state index in [1.807, 2.05) is 13.8 Å². The lowest BCUT2D eigenvalue weighted by Crippen LogP contribution is -2.27. The van der Waals surface area contributed by atoms with Gasteiger partial charge in [-0.05, 0) is 49.6 Å². The van der Waals surface area contributed by atoms with Gasteiger partial charge in [0.05, 0.1) is 30.2 Å². The Labute approximate surface area is 166 Å². The topological polar surface area (TPSA) is 89.3 Å². The number of nitrogens with zero attached hydrogens (tertiary/aromatic N) is 3. The smallest absolute Gasteiger partial charge is 0.262 e. The lowest BCUT2D eigenvalue weighted by molar-refractivity contribution is 0.0970. The summed E-state index contributed by atoms with van der Waals surface area (Å²) < 4.78 is 26.4. The van der Waals surface area contributed by atoms with Crippen molar-refractivity contribution in [1.29, 1.82) is 0 Å². The van der Waals surface area contributed by atoms with Gasteiger partial charge in [-0.1, -0.05) is 0 Å². The monoisotopic (exact) mass is 417 g/mol. The first-order chi connectivity index (χ1) is 13.2. The van der Waals surface area contributed by atoms with Crippen LogP contribution in [0, 0.1) is 13.8 Å². The van der Waals surface area contributed by atoms with Gasteiger partial charge in [-0.3, -0.25) is 18.5 Å². The average Bonchev–Trinajstić information content (AvgIpc) is 3.18. The summed E-state index contributed by atoms with van der Waals surface area (Å²) in [6.45, 7) is 4.10. The maximum atomic E-state index is 12.8. The molecular formula is C19H19N3O4S2. The first-order valence-corrected chi connectivity index (χ1v) is 11.4. The molecule has 0 N–H and O–H groups in total. The summed E-state index contributed by atoms with van der Waals surface area (Å²) in [5.41, 5.74) is 2.58. The van der Waals surface area contributed by atoms with Crippen molar-refractivity contribution in [2.75, 3.05) is 17.1 Å². The van der Waals surface area contributed by atoms with E-state index in [-0.39, 0.29) is 17.9 Å². The molecule has 0 atom stereocenters. The molecule has 0 saturated carbocycles. The van der Waals surface area contributed by atoms with Crippen molar-refractivity contribution in [3.05, 3.63) is 56.4 Å². The third-order valence-corrected chi connectivity index (χ3v) is 7.42. The highest BCUT2D eigenvalue weighted by Gasteiger charge is 2.26. The van der Waals surface area contributed by atoms with Gasteiger partial charge in [0.25, 0.3) is 5.56 Å². The number of aryl methyl sites for hydroxylation is 2. The summed E-state index contributed by atoms with van der Waals surface area (Å²) in [6.07, 6.45) is 3.14. The summed E-state index contributed by atoms with van der Waals surface area (Å²) in [7, 11) is -3.33. The van der Waals surface area contributed by atoms with E-state index in [1.54, 1.807) is 18.2 Å². The molecule has 0 saturated heterocycles. The third kappa shape index (κ3) is 3.04. The molecule has 1 aliphatic rings. The Hall–Kier alpha value is -2.52. The number of carbonyl (C=O) groups excluding carboxylic acids is 1. The molecule has 3 heterocycles. The first kappa shape index (κ1) is 18.8. The molecule has 28 heavy (non-hydrogen) atoms. The maximum Gasteiger partial charge on any atom is 0.262 e. The summed E-state index contributed by atoms with van der Waals surface area (Å²) in [6, 6.07) is 4.99. The Morgan fingerprint density at radius 3 is 2.75 bits per heavy atom. The van der Waals surface area contributed by atoms with Crippen molar-refractivity contribution in [3.8, 4) is 0 Å². The Bertz CT molecular complexity index is 1290. The predicted molar refractivity (Wildman–Crippen MR) is 110 cm³/mol. The van der Waals surface area contributed by atoms with Crippen molar-refractivity contribution < 1.29 is 13.2 Å². The van der Waals surface area contributed by atoms with Crippen molar-refractivity contribution in [2.45, 2.75) is 26.8 Å². The lowest BCUT2D eigenvalue weighted by atomic mass is 10.1. The zero-order valence-corrected chi connectivity index (χ0v) is 17.4. The zero-order valence-electron chi connectivity index (χ0n) is 15.7. The molecule has 4 rings (SSSR count). The molecule has 0 amide bonds. The van der Waals surface area contributed by atoms with Gasteiger partial charge in [-0.25, -0.2) is 13.4 Å². The van der Waals surface area contributed by atoms with Crippen molar-refractivity contribution in [2.24, 2.45) is 0 Å². The van der Waals surface area contributed by atoms with E-state index < -0.39 is 10.0 Å². The number of thiophene rings is 1. The van der Waals surface area contributed by atoms with Gasteiger partial charge in [0.2, 0.25) is 10.0 Å². The summed E-state index contributed by atoms with van der Waals surface area (Å²) in [5, 5.41) is 0.565. The van der Waals surface area contributed by atoms with Crippen LogP contribution in [-0.2, 0) is 23.0 Å². The van der Waals surface area contributed by atoms with Crippen molar-refractivity contribution in [3.63, 3.8) is 0 Å². The van der Waals surface area contributed by atoms with E-state index in [4.69, 9.17) is 0 Å². The van der Waals surface area contributed by atoms with E-state index >= 15 is 0 Å². The van der Waals surface area contributed by atoms with Crippen LogP contribution in [0.5, 0.6) is 0 Å². The second kappa shape index (κ2) is 6.52. The number of aromatic nitrogens is 2. The highest BCUT2D eigenvalue weighted by Crippen LogP contribution is 2.31. The Balaban J connectivity index is 1.65. The number of benzene rings is 1. The fourth-order valence-electron chi connectivity index (χ4n) is 3.52. The normalized spacial score (nSPS) is 13.9. The Kier molecular flexibility index (Phi) is 4.39. The van der Waals surface area contributed by atoms with E-state index in [2.05, 4.69) is 4.98 Å². The van der Waals surface area contributed by atoms with Crippen LogP contribution in [0.2, 0.25) is 0 Å². The van der Waals surface area contributed by atoms with Gasteiger partial charge >= 0.3 is 0 Å². The number of fused-ring (bicyclic) bond motifs is 2. The third-order valence-electron chi connectivity index (χ3n) is 5.12. The number of ketones is 1. The Morgan fingerprint density at radius 1 is 1.29 bits per heavy atom. The minimum Gasteiger partial charge on any atom is -0.292 e. The van der Waals surface area contributed by atoms with E-state index in [0.717, 1.165) is 16.0 Å². The zero-order chi connectivity index (χ0) is 20.2. The van der Waals surface area contributed by atoms with Crippen LogP contribution >= 0.6 is 11.3 Å². The summed E-state index contributed by atoms with van der Waals surface area (Å²) in [4.78, 5) is 31.6. The number of carbonyl (C=O) groups is 1. The number of hydrogen-bond donors (Lipinski definition) is 0. The van der Waals surface area contributed by atoms with Gasteiger partial charge < -0.3 is 0 Å². The van der Waals surface area contributed by atoms with Gasteiger partial charge in [0.15, 0.2) is 5.78 Å². The molecule has 7 nitrogen and oxygen atoms in total. The molecule has 3 aromatic rings. The maximum absolute atomic E-state index is 12.8. The van der Waals surface area contributed by atoms with Gasteiger partial charge in [0.1, 0.15) is 4.83 Å². The second-order valence-corrected chi connectivity index (χ2v) is 10.1. The largest absolute Gasteiger partial charge is 0.292 e. The number of Topliss-reactive ketones (excluding diaryl/α,β-unsaturated/α-hetero) is 1. The molecule has 0 aliphatic carbocycles. The minimum absolute atomic E-state index is 0.106. The van der Waals surface area contributed by atoms with E-state index in [0.29, 0.717) is 34.4 Å². The molecule has 0 spiro atoms. The second-order valence-electron chi connectivity index (χ2n) is 6.99. The van der Waals surface area contributed by atoms with Gasteiger partial charge in [-0.15, -0.1) is 11.3 Å². The predicted octanol–water partition coefficient (Wildman–Crippen LogP) is 2.28. The number of hydrogen-bond acceptors (Lipinski definition) is 6. The highest BCUT2D eigenvalue weighted by atomic mass is 32.2. The SMILES string of the molecule is Cc1sc2ncn(CC(=O)c3ccc4c(c3)CCN4S(C)(=O)=O)c(=O)c2c1C. The molecule has 1 aliphatic heterocycles. The fraction of sp³-hybridized carbons (Fsp3) is 0.316. The van der Waals surface area contributed by atoms with Crippen LogP contribution in [0.15, 0.2) is 29.3 Å². The van der Waals surface area contributed by atoms with E-state index in [9.17, 15) is 18.0 Å². The molecule has 0 radical (unpaired) electrons. The molecule has 0 fully saturated rings. The molecule has 0 unspecified atom stereocenters. The van der Waals surface area contributed by atoms with Crippen LogP contribution in [-0.4, -0.2) is 36.6 Å². The summed E-state index contributed by atoms with van der Waals surface area (Å²) in [5.74, 6) is -0.214. The van der Waals surface area contributed by atoms with Crippen molar-refractivity contribution >= 4 is 43.0 Å². The fourth-order valence-corrected chi connectivity index (χ4v) is 5.46. The van der Waals surface area contributed by atoms with E-state index in [1.165, 1.54) is 32.8 Å². The Morgan fingerprint density at radius 2 is 2.04 bits per heavy atom. The van der Waals surface area contributed by atoms with Crippen molar-refractivity contribution in [1.82, 2.24) is 9.55 Å². The molecule has 146 valence electrons. The number of sulfonamides is 1. The average molecular weight is 418 g/mol. The molecule has 1 aromatic carbocycles. The van der Waals surface area contributed by atoms with Gasteiger partial charge in [-0.2, -0.15) is 0 Å². The summed E-state index contributed by atoms with van der Waals surface area (Å²) >= 11 is 1.47. The molecule has 2 aromatic heterocycles. The van der Waals surface area contributed by atoms with Crippen LogP contribution in [0.3, 0.4) is 0 Å². The van der Waals surface area contributed by atoms with Crippen LogP contribution in [0.4, 0.5) is 5.69 Å². The van der Waals surface area contributed by atoms with Crippen LogP contribution in [0.1, 0.15) is 26.4 Å². The van der Waals surface area contributed by atoms with Crippen LogP contribution in [0.25, 0.3) is 10.2 Å². The number of anilines is 1. The van der Waals surface area contributed by atoms with Crippen LogP contribution < -0.4 is 9.86 Å². The highest BCUT2D eigenvalue weighted by molar-refractivity contribution is 7.92. The standard InChI is InChI=1S/C19H19N3O4S2/c1-11-12(2)27-18-17(11)19(24)21(10-20-18)9-16(23)14-4-5-15-13(8-14)6-7-22(15)28(3,25)26/h4-5,8,10H,6-7,9H2,1-3H3. The van der Waals surface area contributed by atoms with Gasteiger partial charge in [0, 0.05) is 17.0 Å². The quantitative estimate of drug-likeness (QED) is 0.608. The molecule has 9 heteroatoms. The first-order valence-electron chi connectivity index (χ1n) is 8.76. The minimum atomic E-state index is -3.33. The molecular weight excluding hydrogens is 398 g/mol. The molecule has 0 bridgehead atoms. The number of rotatable bonds is 4. The lowest BCUT2D eigenvalue weighted by Gasteiger charge is -2.16.